The quantitative estimate of drug-likeness (QED) is 0.551. The molecule has 3 rings (SSSR count). The number of benzene rings is 2. The summed E-state index contributed by atoms with van der Waals surface area (Å²) < 4.78 is 11.0. The number of ether oxygens (including phenoxy) is 2. The minimum atomic E-state index is -0.663. The van der Waals surface area contributed by atoms with Gasteiger partial charge in [0.05, 0.1) is 0 Å². The molecule has 25 heavy (non-hydrogen) atoms. The van der Waals surface area contributed by atoms with Gasteiger partial charge in [-0.25, -0.2) is 0 Å². The lowest BCUT2D eigenvalue weighted by atomic mass is 10.0. The Morgan fingerprint density at radius 1 is 0.960 bits per heavy atom. The zero-order chi connectivity index (χ0) is 17.9. The highest BCUT2D eigenvalue weighted by molar-refractivity contribution is 7.75. The van der Waals surface area contributed by atoms with Crippen molar-refractivity contribution in [2.75, 3.05) is 13.9 Å². The van der Waals surface area contributed by atoms with E-state index in [4.69, 9.17) is 9.47 Å². The molecule has 2 nitrogen and oxygen atoms in total. The molecule has 0 saturated carbocycles. The van der Waals surface area contributed by atoms with Crippen molar-refractivity contribution < 1.29 is 9.47 Å². The first-order valence-electron chi connectivity index (χ1n) is 8.51. The van der Waals surface area contributed by atoms with Crippen LogP contribution in [0.4, 0.5) is 0 Å². The Kier molecular flexibility index (Phi) is 5.42. The van der Waals surface area contributed by atoms with E-state index in [9.17, 15) is 0 Å². The topological polar surface area (TPSA) is 18.5 Å². The van der Waals surface area contributed by atoms with E-state index >= 15 is 0 Å². The van der Waals surface area contributed by atoms with Gasteiger partial charge >= 0.3 is 0 Å². The number of methoxy groups -OCH3 is 1. The molecule has 2 unspecified atom stereocenters. The fraction of sp³-hybridized carbons (Fsp3) is 0.273. The lowest BCUT2D eigenvalue weighted by Gasteiger charge is -2.36. The minimum absolute atomic E-state index is 0.0205. The Labute approximate surface area is 151 Å². The van der Waals surface area contributed by atoms with Crippen LogP contribution < -0.4 is 15.3 Å². The van der Waals surface area contributed by atoms with Gasteiger partial charge in [-0.1, -0.05) is 71.8 Å². The minimum Gasteiger partial charge on any atom is -0.467 e. The molecule has 0 spiro atoms. The third-order valence-electron chi connectivity index (χ3n) is 4.93. The molecule has 0 amide bonds. The molecule has 0 fully saturated rings. The molecular formula is C22H25O2P. The largest absolute Gasteiger partial charge is 0.467 e. The summed E-state index contributed by atoms with van der Waals surface area (Å²) in [5.41, 5.74) is 2.80. The van der Waals surface area contributed by atoms with Crippen LogP contribution in [0.3, 0.4) is 0 Å². The van der Waals surface area contributed by atoms with Gasteiger partial charge in [0.25, 0.3) is 0 Å². The second-order valence-electron chi connectivity index (χ2n) is 6.48. The Hall–Kier alpha value is -1.89. The van der Waals surface area contributed by atoms with Crippen molar-refractivity contribution in [3.8, 4) is 5.75 Å². The van der Waals surface area contributed by atoms with Gasteiger partial charge in [-0.3, -0.25) is 0 Å². The second-order valence-corrected chi connectivity index (χ2v) is 9.08. The van der Waals surface area contributed by atoms with E-state index < -0.39 is 7.92 Å². The van der Waals surface area contributed by atoms with Gasteiger partial charge in [-0.15, -0.1) is 0 Å². The van der Waals surface area contributed by atoms with Gasteiger partial charge in [0.2, 0.25) is 0 Å². The smallest absolute Gasteiger partial charge is 0.188 e. The molecule has 2 atom stereocenters. The third kappa shape index (κ3) is 3.42. The summed E-state index contributed by atoms with van der Waals surface area (Å²) in [5.74, 6) is 0.909. The molecule has 0 N–H and O–H groups in total. The monoisotopic (exact) mass is 352 g/mol. The number of allylic oxidation sites excluding steroid dienone is 4. The predicted molar refractivity (Wildman–Crippen MR) is 107 cm³/mol. The van der Waals surface area contributed by atoms with Gasteiger partial charge in [0.15, 0.2) is 6.79 Å². The van der Waals surface area contributed by atoms with Gasteiger partial charge < -0.3 is 9.47 Å². The van der Waals surface area contributed by atoms with Crippen LogP contribution in [0.1, 0.15) is 20.8 Å². The Morgan fingerprint density at radius 2 is 1.64 bits per heavy atom. The Bertz CT molecular complexity index is 795. The maximum absolute atomic E-state index is 5.91. The second kappa shape index (κ2) is 7.56. The lowest BCUT2D eigenvalue weighted by Crippen LogP contribution is -2.31. The molecular weight excluding hydrogens is 327 g/mol. The van der Waals surface area contributed by atoms with Crippen LogP contribution in [0.15, 0.2) is 77.9 Å². The Morgan fingerprint density at radius 3 is 2.28 bits per heavy atom. The fourth-order valence-electron chi connectivity index (χ4n) is 3.30. The van der Waals surface area contributed by atoms with Crippen LogP contribution >= 0.6 is 7.92 Å². The molecule has 0 aliphatic heterocycles. The summed E-state index contributed by atoms with van der Waals surface area (Å²) in [7, 11) is 0.990. The molecule has 0 bridgehead atoms. The van der Waals surface area contributed by atoms with Crippen LogP contribution in [0.5, 0.6) is 5.75 Å². The zero-order valence-corrected chi connectivity index (χ0v) is 16.2. The van der Waals surface area contributed by atoms with Gasteiger partial charge in [-0.05, 0) is 40.1 Å². The molecule has 0 radical (unpaired) electrons. The van der Waals surface area contributed by atoms with Crippen LogP contribution in [-0.4, -0.2) is 19.1 Å². The average molecular weight is 352 g/mol. The first kappa shape index (κ1) is 17.9. The maximum atomic E-state index is 5.91. The number of hydrogen-bond acceptors (Lipinski definition) is 2. The van der Waals surface area contributed by atoms with E-state index in [1.807, 2.05) is 12.1 Å². The first-order valence-corrected chi connectivity index (χ1v) is 9.85. The van der Waals surface area contributed by atoms with Crippen molar-refractivity contribution in [2.24, 2.45) is 0 Å². The van der Waals surface area contributed by atoms with E-state index in [2.05, 4.69) is 75.4 Å². The molecule has 2 aromatic rings. The maximum Gasteiger partial charge on any atom is 0.188 e. The highest BCUT2D eigenvalue weighted by Crippen LogP contribution is 2.56. The molecule has 3 heteroatoms. The summed E-state index contributed by atoms with van der Waals surface area (Å²) in [4.78, 5) is 0. The van der Waals surface area contributed by atoms with Crippen molar-refractivity contribution in [1.82, 2.24) is 0 Å². The number of rotatable bonds is 6. The highest BCUT2D eigenvalue weighted by Gasteiger charge is 2.39. The van der Waals surface area contributed by atoms with Gasteiger partial charge in [0.1, 0.15) is 5.75 Å². The van der Waals surface area contributed by atoms with Crippen LogP contribution in [0.2, 0.25) is 0 Å². The number of para-hydroxylation sites is 1. The molecule has 130 valence electrons. The lowest BCUT2D eigenvalue weighted by molar-refractivity contribution is 0.0519. The van der Waals surface area contributed by atoms with Crippen molar-refractivity contribution in [2.45, 2.75) is 25.9 Å². The van der Waals surface area contributed by atoms with Crippen molar-refractivity contribution in [3.63, 3.8) is 0 Å². The Balaban J connectivity index is 2.16. The summed E-state index contributed by atoms with van der Waals surface area (Å²) in [6.45, 7) is 7.06. The van der Waals surface area contributed by atoms with Crippen LogP contribution in [0, 0.1) is 0 Å². The molecule has 0 heterocycles. The molecule has 2 aromatic carbocycles. The zero-order valence-electron chi connectivity index (χ0n) is 15.3. The van der Waals surface area contributed by atoms with Crippen molar-refractivity contribution >= 4 is 18.5 Å². The normalized spacial score (nSPS) is 20.8. The SMILES string of the molecule is COCOc1ccccc1P(c1ccccc1)C1(C)C=CC(C)=C1C. The van der Waals surface area contributed by atoms with Crippen molar-refractivity contribution in [1.29, 1.82) is 0 Å². The van der Waals surface area contributed by atoms with Gasteiger partial charge in [0, 0.05) is 17.6 Å². The average Bonchev–Trinajstić information content (AvgIpc) is 2.90. The van der Waals surface area contributed by atoms with E-state index in [0.29, 0.717) is 0 Å². The molecule has 1 aliphatic carbocycles. The first-order chi connectivity index (χ1) is 12.1. The van der Waals surface area contributed by atoms with E-state index in [-0.39, 0.29) is 11.9 Å². The molecule has 0 saturated heterocycles. The summed E-state index contributed by atoms with van der Waals surface area (Å²) >= 11 is 0. The fourth-order valence-corrected chi connectivity index (χ4v) is 6.41. The van der Waals surface area contributed by atoms with Crippen LogP contribution in [-0.2, 0) is 4.74 Å². The highest BCUT2D eigenvalue weighted by atomic mass is 31.1. The van der Waals surface area contributed by atoms with Crippen molar-refractivity contribution in [3.05, 3.63) is 77.9 Å². The molecule has 1 aliphatic rings. The predicted octanol–water partition coefficient (Wildman–Crippen LogP) is 4.77. The third-order valence-corrected chi connectivity index (χ3v) is 8.01. The van der Waals surface area contributed by atoms with Crippen LogP contribution in [0.25, 0.3) is 0 Å². The van der Waals surface area contributed by atoms with E-state index in [1.54, 1.807) is 7.11 Å². The standard InChI is InChI=1S/C22H25O2P/c1-17-14-15-22(3,18(17)2)25(19-10-6-5-7-11-19)21-13-9-8-12-20(21)24-16-23-4/h5-15H,16H2,1-4H3. The summed E-state index contributed by atoms with van der Waals surface area (Å²) in [6, 6.07) is 19.1. The summed E-state index contributed by atoms with van der Waals surface area (Å²) in [6.07, 6.45) is 4.62. The van der Waals surface area contributed by atoms with E-state index in [0.717, 1.165) is 5.75 Å². The molecule has 0 aromatic heterocycles. The van der Waals surface area contributed by atoms with Gasteiger partial charge in [-0.2, -0.15) is 0 Å². The summed E-state index contributed by atoms with van der Waals surface area (Å²) in [5, 5.41) is 2.59. The number of hydrogen-bond donors (Lipinski definition) is 0. The van der Waals surface area contributed by atoms with E-state index in [1.165, 1.54) is 21.8 Å².